The van der Waals surface area contributed by atoms with Crippen LogP contribution in [0.3, 0.4) is 0 Å². The predicted octanol–water partition coefficient (Wildman–Crippen LogP) is 3.79. The smallest absolute Gasteiger partial charge is 0.307 e. The van der Waals surface area contributed by atoms with Gasteiger partial charge in [0.25, 0.3) is 5.91 Å². The largest absolute Gasteiger partial charge is 0.456 e. The molecule has 23 heavy (non-hydrogen) atoms. The van der Waals surface area contributed by atoms with Gasteiger partial charge in [-0.05, 0) is 26.0 Å². The molecule has 4 nitrogen and oxygen atoms in total. The molecular weight excluding hydrogens is 334 g/mol. The van der Waals surface area contributed by atoms with Crippen LogP contribution in [-0.2, 0) is 14.3 Å². The van der Waals surface area contributed by atoms with Crippen LogP contribution in [0.2, 0.25) is 5.02 Å². The normalized spacial score (nSPS) is 10.2. The van der Waals surface area contributed by atoms with E-state index >= 15 is 0 Å². The van der Waals surface area contributed by atoms with Crippen molar-refractivity contribution in [1.82, 2.24) is 4.90 Å². The second-order valence-corrected chi connectivity index (χ2v) is 6.60. The molecule has 126 valence electrons. The van der Waals surface area contributed by atoms with E-state index in [4.69, 9.17) is 16.3 Å². The van der Waals surface area contributed by atoms with E-state index in [1.54, 1.807) is 4.90 Å². The Kier molecular flexibility index (Phi) is 8.81. The molecule has 6 heteroatoms. The van der Waals surface area contributed by atoms with Crippen LogP contribution in [0.1, 0.15) is 20.3 Å². The standard InChI is InChI=1S/C17H22ClNO3S/c1-4-19(11-13(2)3)16(20)12-22-17(21)9-10-23-15-8-6-5-7-14(15)18/h5-8H,2,4,9-12H2,1,3H3. The number of thioether (sulfide) groups is 1. The summed E-state index contributed by atoms with van der Waals surface area (Å²) in [6.07, 6.45) is 0.232. The van der Waals surface area contributed by atoms with Crippen molar-refractivity contribution < 1.29 is 14.3 Å². The van der Waals surface area contributed by atoms with Crippen LogP contribution in [0.15, 0.2) is 41.3 Å². The lowest BCUT2D eigenvalue weighted by Crippen LogP contribution is -2.35. The minimum absolute atomic E-state index is 0.206. The molecule has 1 aromatic carbocycles. The number of halogens is 1. The Morgan fingerprint density at radius 3 is 2.65 bits per heavy atom. The molecule has 0 aliphatic heterocycles. The Bertz CT molecular complexity index is 563. The quantitative estimate of drug-likeness (QED) is 0.384. The van der Waals surface area contributed by atoms with Crippen molar-refractivity contribution in [3.63, 3.8) is 0 Å². The van der Waals surface area contributed by atoms with Crippen LogP contribution in [-0.4, -0.2) is 42.2 Å². The zero-order chi connectivity index (χ0) is 17.2. The molecule has 1 amide bonds. The number of rotatable bonds is 9. The lowest BCUT2D eigenvalue weighted by atomic mass is 10.3. The fourth-order valence-corrected chi connectivity index (χ4v) is 2.98. The van der Waals surface area contributed by atoms with Crippen molar-refractivity contribution in [2.24, 2.45) is 0 Å². The molecule has 0 aliphatic rings. The molecule has 0 aliphatic carbocycles. The van der Waals surface area contributed by atoms with Gasteiger partial charge in [0.05, 0.1) is 11.4 Å². The third-order valence-corrected chi connectivity index (χ3v) is 4.47. The summed E-state index contributed by atoms with van der Waals surface area (Å²) in [6, 6.07) is 7.46. The van der Waals surface area contributed by atoms with Crippen molar-refractivity contribution in [2.45, 2.75) is 25.2 Å². The van der Waals surface area contributed by atoms with Gasteiger partial charge in [-0.25, -0.2) is 0 Å². The van der Waals surface area contributed by atoms with Gasteiger partial charge in [0.15, 0.2) is 6.61 Å². The van der Waals surface area contributed by atoms with Crippen LogP contribution >= 0.6 is 23.4 Å². The number of carbonyl (C=O) groups is 2. The van der Waals surface area contributed by atoms with E-state index in [1.165, 1.54) is 11.8 Å². The summed E-state index contributed by atoms with van der Waals surface area (Å²) in [5.74, 6) is -0.0353. The molecule has 0 bridgehead atoms. The molecule has 0 spiro atoms. The molecule has 0 aromatic heterocycles. The van der Waals surface area contributed by atoms with Gasteiger partial charge in [0, 0.05) is 23.7 Å². The number of hydrogen-bond donors (Lipinski definition) is 0. The molecule has 0 saturated carbocycles. The van der Waals surface area contributed by atoms with E-state index in [9.17, 15) is 9.59 Å². The minimum atomic E-state index is -0.385. The Balaban J connectivity index is 2.30. The van der Waals surface area contributed by atoms with Gasteiger partial charge in [0.1, 0.15) is 0 Å². The predicted molar refractivity (Wildman–Crippen MR) is 94.8 cm³/mol. The van der Waals surface area contributed by atoms with Gasteiger partial charge in [-0.1, -0.05) is 35.9 Å². The second-order valence-electron chi connectivity index (χ2n) is 5.05. The number of nitrogens with zero attached hydrogens (tertiary/aromatic N) is 1. The van der Waals surface area contributed by atoms with Gasteiger partial charge in [-0.15, -0.1) is 11.8 Å². The Hall–Kier alpha value is -1.46. The number of ether oxygens (including phenoxy) is 1. The van der Waals surface area contributed by atoms with Crippen molar-refractivity contribution in [3.8, 4) is 0 Å². The fourth-order valence-electron chi connectivity index (χ4n) is 1.81. The summed E-state index contributed by atoms with van der Waals surface area (Å²) in [4.78, 5) is 26.2. The first-order valence-electron chi connectivity index (χ1n) is 7.39. The molecule has 0 fully saturated rings. The average Bonchev–Trinajstić information content (AvgIpc) is 2.52. The first-order chi connectivity index (χ1) is 10.9. The van der Waals surface area contributed by atoms with Crippen molar-refractivity contribution >= 4 is 35.2 Å². The summed E-state index contributed by atoms with van der Waals surface area (Å²) in [5.41, 5.74) is 0.891. The number of benzene rings is 1. The molecule has 0 heterocycles. The Labute approximate surface area is 146 Å². The van der Waals surface area contributed by atoms with Crippen LogP contribution in [0, 0.1) is 0 Å². The van der Waals surface area contributed by atoms with Crippen LogP contribution in [0.25, 0.3) is 0 Å². The maximum absolute atomic E-state index is 11.9. The van der Waals surface area contributed by atoms with Gasteiger partial charge in [0.2, 0.25) is 0 Å². The molecule has 0 atom stereocenters. The number of amides is 1. The molecule has 1 aromatic rings. The van der Waals surface area contributed by atoms with Gasteiger partial charge < -0.3 is 9.64 Å². The maximum atomic E-state index is 11.9. The highest BCUT2D eigenvalue weighted by molar-refractivity contribution is 7.99. The molecule has 0 radical (unpaired) electrons. The van der Waals surface area contributed by atoms with E-state index in [2.05, 4.69) is 6.58 Å². The summed E-state index contributed by atoms with van der Waals surface area (Å²) in [6.45, 7) is 8.33. The average molecular weight is 356 g/mol. The number of hydrogen-bond acceptors (Lipinski definition) is 4. The summed E-state index contributed by atoms with van der Waals surface area (Å²) < 4.78 is 5.03. The first-order valence-corrected chi connectivity index (χ1v) is 8.75. The van der Waals surface area contributed by atoms with E-state index in [0.29, 0.717) is 23.9 Å². The van der Waals surface area contributed by atoms with E-state index in [0.717, 1.165) is 10.5 Å². The SMILES string of the molecule is C=C(C)CN(CC)C(=O)COC(=O)CCSc1ccccc1Cl. The highest BCUT2D eigenvalue weighted by Crippen LogP contribution is 2.26. The van der Waals surface area contributed by atoms with E-state index in [1.807, 2.05) is 38.1 Å². The zero-order valence-corrected chi connectivity index (χ0v) is 15.1. The number of likely N-dealkylation sites (N-methyl/N-ethyl adjacent to an activating group) is 1. The van der Waals surface area contributed by atoms with Crippen molar-refractivity contribution in [2.75, 3.05) is 25.4 Å². The van der Waals surface area contributed by atoms with Crippen LogP contribution in [0.4, 0.5) is 0 Å². The van der Waals surface area contributed by atoms with Gasteiger partial charge in [-0.2, -0.15) is 0 Å². The lowest BCUT2D eigenvalue weighted by molar-refractivity contribution is -0.151. The molecule has 0 saturated heterocycles. The Morgan fingerprint density at radius 2 is 2.04 bits per heavy atom. The molecule has 0 N–H and O–H groups in total. The van der Waals surface area contributed by atoms with Crippen molar-refractivity contribution in [3.05, 3.63) is 41.4 Å². The molecule has 1 rings (SSSR count). The third kappa shape index (κ3) is 7.57. The lowest BCUT2D eigenvalue weighted by Gasteiger charge is -2.20. The summed E-state index contributed by atoms with van der Waals surface area (Å²) >= 11 is 7.53. The highest BCUT2D eigenvalue weighted by Gasteiger charge is 2.14. The number of carbonyl (C=O) groups excluding carboxylic acids is 2. The molecular formula is C17H22ClNO3S. The topological polar surface area (TPSA) is 46.6 Å². The maximum Gasteiger partial charge on any atom is 0.307 e. The second kappa shape index (κ2) is 10.3. The van der Waals surface area contributed by atoms with Crippen molar-refractivity contribution in [1.29, 1.82) is 0 Å². The highest BCUT2D eigenvalue weighted by atomic mass is 35.5. The fraction of sp³-hybridized carbons (Fsp3) is 0.412. The van der Waals surface area contributed by atoms with Gasteiger partial charge >= 0.3 is 5.97 Å². The van der Waals surface area contributed by atoms with E-state index < -0.39 is 0 Å². The third-order valence-electron chi connectivity index (χ3n) is 2.95. The van der Waals surface area contributed by atoms with Crippen LogP contribution < -0.4 is 0 Å². The first kappa shape index (κ1) is 19.6. The monoisotopic (exact) mass is 355 g/mol. The Morgan fingerprint density at radius 1 is 1.35 bits per heavy atom. The minimum Gasteiger partial charge on any atom is -0.456 e. The summed E-state index contributed by atoms with van der Waals surface area (Å²) in [5, 5.41) is 0.666. The number of esters is 1. The van der Waals surface area contributed by atoms with Crippen LogP contribution in [0.5, 0.6) is 0 Å². The molecule has 0 unspecified atom stereocenters. The summed E-state index contributed by atoms with van der Waals surface area (Å²) in [7, 11) is 0. The zero-order valence-electron chi connectivity index (χ0n) is 13.5. The van der Waals surface area contributed by atoms with Gasteiger partial charge in [-0.3, -0.25) is 9.59 Å². The van der Waals surface area contributed by atoms with E-state index in [-0.39, 0.29) is 24.9 Å².